The lowest BCUT2D eigenvalue weighted by atomic mass is 9.80. The van der Waals surface area contributed by atoms with E-state index in [1.807, 2.05) is 18.2 Å². The number of anilines is 1. The van der Waals surface area contributed by atoms with Gasteiger partial charge in [-0.25, -0.2) is 4.79 Å². The third-order valence-electron chi connectivity index (χ3n) is 4.16. The molecule has 2 aromatic rings. The van der Waals surface area contributed by atoms with Gasteiger partial charge in [-0.05, 0) is 42.2 Å². The molecular formula is C18H19ClN2O2. The van der Waals surface area contributed by atoms with Crippen LogP contribution in [0.15, 0.2) is 48.5 Å². The Morgan fingerprint density at radius 3 is 2.74 bits per heavy atom. The average Bonchev–Trinajstić information content (AvgIpc) is 2.53. The molecule has 2 amide bonds. The standard InChI is InChI=1S/C18H19ClN2O2/c19-15-6-3-7-16(10-15)21-17(22)20-12-18(23)9-8-13-4-1-2-5-14(13)11-18/h1-7,10,23H,8-9,11-12H2,(H2,20,21,22). The van der Waals surface area contributed by atoms with Gasteiger partial charge in [-0.1, -0.05) is 41.9 Å². The molecule has 4 nitrogen and oxygen atoms in total. The third kappa shape index (κ3) is 4.03. The SMILES string of the molecule is O=C(NCC1(O)CCc2ccccc2C1)Nc1cccc(Cl)c1. The Bertz CT molecular complexity index is 720. The van der Waals surface area contributed by atoms with Gasteiger partial charge < -0.3 is 15.7 Å². The number of urea groups is 1. The molecule has 3 N–H and O–H groups in total. The highest BCUT2D eigenvalue weighted by Gasteiger charge is 2.32. The molecule has 0 aromatic heterocycles. The van der Waals surface area contributed by atoms with Crippen LogP contribution < -0.4 is 10.6 Å². The van der Waals surface area contributed by atoms with Gasteiger partial charge in [-0.3, -0.25) is 0 Å². The van der Waals surface area contributed by atoms with Crippen LogP contribution >= 0.6 is 11.6 Å². The number of hydrogen-bond donors (Lipinski definition) is 3. The number of hydrogen-bond acceptors (Lipinski definition) is 2. The first-order chi connectivity index (χ1) is 11.0. The highest BCUT2D eigenvalue weighted by molar-refractivity contribution is 6.30. The summed E-state index contributed by atoms with van der Waals surface area (Å²) in [7, 11) is 0. The molecule has 1 aliphatic rings. The zero-order valence-electron chi connectivity index (χ0n) is 12.7. The summed E-state index contributed by atoms with van der Waals surface area (Å²) in [6.07, 6.45) is 2.02. The number of fused-ring (bicyclic) bond motifs is 1. The molecule has 0 saturated carbocycles. The molecule has 0 radical (unpaired) electrons. The Morgan fingerprint density at radius 2 is 1.96 bits per heavy atom. The normalized spacial score (nSPS) is 19.7. The van der Waals surface area contributed by atoms with Crippen molar-refractivity contribution in [2.45, 2.75) is 24.9 Å². The molecule has 0 aliphatic heterocycles. The largest absolute Gasteiger partial charge is 0.388 e. The minimum atomic E-state index is -0.903. The lowest BCUT2D eigenvalue weighted by molar-refractivity contribution is 0.0295. The monoisotopic (exact) mass is 330 g/mol. The number of carbonyl (C=O) groups excluding carboxylic acids is 1. The van der Waals surface area contributed by atoms with E-state index in [1.165, 1.54) is 5.56 Å². The Hall–Kier alpha value is -2.04. The quantitative estimate of drug-likeness (QED) is 0.808. The van der Waals surface area contributed by atoms with Crippen molar-refractivity contribution in [3.8, 4) is 0 Å². The molecule has 1 atom stereocenters. The second-order valence-electron chi connectivity index (χ2n) is 5.99. The lowest BCUT2D eigenvalue weighted by Crippen LogP contribution is -2.47. The van der Waals surface area contributed by atoms with E-state index < -0.39 is 5.60 Å². The Labute approximate surface area is 140 Å². The first-order valence-electron chi connectivity index (χ1n) is 7.64. The van der Waals surface area contributed by atoms with E-state index in [9.17, 15) is 9.90 Å². The number of aryl methyl sites for hydroxylation is 1. The number of aliphatic hydroxyl groups is 1. The fourth-order valence-electron chi connectivity index (χ4n) is 2.92. The van der Waals surface area contributed by atoms with Crippen LogP contribution in [0, 0.1) is 0 Å². The van der Waals surface area contributed by atoms with Gasteiger partial charge in [0.15, 0.2) is 0 Å². The van der Waals surface area contributed by atoms with Crippen LogP contribution in [0.5, 0.6) is 0 Å². The maximum Gasteiger partial charge on any atom is 0.319 e. The Kier molecular flexibility index (Phi) is 4.55. The van der Waals surface area contributed by atoms with Gasteiger partial charge in [0.25, 0.3) is 0 Å². The van der Waals surface area contributed by atoms with Crippen LogP contribution in [-0.4, -0.2) is 23.3 Å². The zero-order valence-corrected chi connectivity index (χ0v) is 13.4. The number of benzene rings is 2. The third-order valence-corrected chi connectivity index (χ3v) is 4.39. The summed E-state index contributed by atoms with van der Waals surface area (Å²) < 4.78 is 0. The number of nitrogens with one attached hydrogen (secondary N) is 2. The van der Waals surface area contributed by atoms with Crippen LogP contribution in [-0.2, 0) is 12.8 Å². The fourth-order valence-corrected chi connectivity index (χ4v) is 3.11. The molecule has 0 spiro atoms. The molecule has 1 unspecified atom stereocenters. The average molecular weight is 331 g/mol. The summed E-state index contributed by atoms with van der Waals surface area (Å²) >= 11 is 5.89. The van der Waals surface area contributed by atoms with Crippen LogP contribution in [0.25, 0.3) is 0 Å². The van der Waals surface area contributed by atoms with Crippen molar-refractivity contribution >= 4 is 23.3 Å². The smallest absolute Gasteiger partial charge is 0.319 e. The van der Waals surface area contributed by atoms with E-state index in [-0.39, 0.29) is 12.6 Å². The van der Waals surface area contributed by atoms with E-state index in [2.05, 4.69) is 16.7 Å². The van der Waals surface area contributed by atoms with Gasteiger partial charge >= 0.3 is 6.03 Å². The van der Waals surface area contributed by atoms with Crippen molar-refractivity contribution in [1.82, 2.24) is 5.32 Å². The zero-order chi connectivity index (χ0) is 16.3. The van der Waals surface area contributed by atoms with Gasteiger partial charge in [0.2, 0.25) is 0 Å². The molecule has 0 bridgehead atoms. The number of amides is 2. The van der Waals surface area contributed by atoms with Crippen molar-refractivity contribution in [3.05, 3.63) is 64.7 Å². The topological polar surface area (TPSA) is 61.4 Å². The summed E-state index contributed by atoms with van der Waals surface area (Å²) in [4.78, 5) is 12.0. The van der Waals surface area contributed by atoms with Crippen LogP contribution in [0.4, 0.5) is 10.5 Å². The molecule has 5 heteroatoms. The van der Waals surface area contributed by atoms with Crippen molar-refractivity contribution < 1.29 is 9.90 Å². The second-order valence-corrected chi connectivity index (χ2v) is 6.42. The molecular weight excluding hydrogens is 312 g/mol. The van der Waals surface area contributed by atoms with E-state index >= 15 is 0 Å². The minimum Gasteiger partial charge on any atom is -0.388 e. The van der Waals surface area contributed by atoms with Gasteiger partial charge in [0.1, 0.15) is 0 Å². The van der Waals surface area contributed by atoms with E-state index in [4.69, 9.17) is 11.6 Å². The highest BCUT2D eigenvalue weighted by atomic mass is 35.5. The van der Waals surface area contributed by atoms with E-state index in [0.29, 0.717) is 23.6 Å². The lowest BCUT2D eigenvalue weighted by Gasteiger charge is -2.33. The van der Waals surface area contributed by atoms with Crippen molar-refractivity contribution in [1.29, 1.82) is 0 Å². The molecule has 0 saturated heterocycles. The van der Waals surface area contributed by atoms with Crippen LogP contribution in [0.3, 0.4) is 0 Å². The molecule has 0 fully saturated rings. The highest BCUT2D eigenvalue weighted by Crippen LogP contribution is 2.28. The molecule has 2 aromatic carbocycles. The van der Waals surface area contributed by atoms with Crippen molar-refractivity contribution in [2.75, 3.05) is 11.9 Å². The number of rotatable bonds is 3. The summed E-state index contributed by atoms with van der Waals surface area (Å²) in [6, 6.07) is 14.7. The molecule has 23 heavy (non-hydrogen) atoms. The van der Waals surface area contributed by atoms with Gasteiger partial charge in [-0.2, -0.15) is 0 Å². The van der Waals surface area contributed by atoms with Gasteiger partial charge in [0, 0.05) is 23.7 Å². The van der Waals surface area contributed by atoms with Crippen LogP contribution in [0.2, 0.25) is 5.02 Å². The molecule has 1 aliphatic carbocycles. The molecule has 0 heterocycles. The predicted octanol–water partition coefficient (Wildman–Crippen LogP) is 3.38. The summed E-state index contributed by atoms with van der Waals surface area (Å²) in [5.41, 5.74) is 2.15. The second kappa shape index (κ2) is 6.60. The van der Waals surface area contributed by atoms with Gasteiger partial charge in [0.05, 0.1) is 5.60 Å². The summed E-state index contributed by atoms with van der Waals surface area (Å²) in [5, 5.41) is 16.7. The maximum atomic E-state index is 12.0. The molecule has 3 rings (SSSR count). The Morgan fingerprint density at radius 1 is 1.17 bits per heavy atom. The van der Waals surface area contributed by atoms with Crippen molar-refractivity contribution in [2.24, 2.45) is 0 Å². The maximum absolute atomic E-state index is 12.0. The van der Waals surface area contributed by atoms with E-state index in [0.717, 1.165) is 12.0 Å². The van der Waals surface area contributed by atoms with Crippen molar-refractivity contribution in [3.63, 3.8) is 0 Å². The minimum absolute atomic E-state index is 0.216. The summed E-state index contributed by atoms with van der Waals surface area (Å²) in [6.45, 7) is 0.216. The van der Waals surface area contributed by atoms with E-state index in [1.54, 1.807) is 24.3 Å². The summed E-state index contributed by atoms with van der Waals surface area (Å²) in [5.74, 6) is 0. The first kappa shape index (κ1) is 15.8. The van der Waals surface area contributed by atoms with Crippen LogP contribution in [0.1, 0.15) is 17.5 Å². The predicted molar refractivity (Wildman–Crippen MR) is 91.9 cm³/mol. The number of halogens is 1. The molecule has 120 valence electrons. The van der Waals surface area contributed by atoms with Gasteiger partial charge in [-0.15, -0.1) is 0 Å². The number of carbonyl (C=O) groups is 1. The fraction of sp³-hybridized carbons (Fsp3) is 0.278. The first-order valence-corrected chi connectivity index (χ1v) is 8.01. The Balaban J connectivity index is 1.57.